The molecule has 1 atom stereocenters. The van der Waals surface area contributed by atoms with Crippen molar-refractivity contribution in [2.24, 2.45) is 0 Å². The highest BCUT2D eigenvalue weighted by Crippen LogP contribution is 2.32. The Morgan fingerprint density at radius 1 is 1.18 bits per heavy atom. The van der Waals surface area contributed by atoms with Gasteiger partial charge < -0.3 is 10.2 Å². The van der Waals surface area contributed by atoms with E-state index in [1.165, 1.54) is 24.4 Å². The highest BCUT2D eigenvalue weighted by Gasteiger charge is 2.47. The third-order valence-electron chi connectivity index (χ3n) is 6.20. The Morgan fingerprint density at radius 2 is 1.89 bits per heavy atom. The van der Waals surface area contributed by atoms with E-state index in [4.69, 9.17) is 5.26 Å². The second kappa shape index (κ2) is 10.2. The van der Waals surface area contributed by atoms with Crippen LogP contribution in [-0.4, -0.2) is 46.8 Å². The number of fused-ring (bicyclic) bond motifs is 1. The Balaban J connectivity index is 1.53. The molecule has 4 rings (SSSR count). The number of aromatic nitrogens is 1. The lowest BCUT2D eigenvalue weighted by Crippen LogP contribution is -2.43. The number of amides is 2. The lowest BCUT2D eigenvalue weighted by molar-refractivity contribution is -0.137. The molecule has 0 bridgehead atoms. The van der Waals surface area contributed by atoms with Crippen molar-refractivity contribution in [1.29, 1.82) is 5.26 Å². The van der Waals surface area contributed by atoms with Crippen LogP contribution in [-0.2, 0) is 11.0 Å². The normalized spacial score (nSPS) is 17.3. The molecule has 0 unspecified atom stereocenters. The van der Waals surface area contributed by atoms with Crippen LogP contribution in [0.4, 0.5) is 22.0 Å². The zero-order chi connectivity index (χ0) is 27.7. The molecule has 0 aliphatic carbocycles. The average molecular weight is 528 g/mol. The number of carbonyl (C=O) groups excluding carboxylic acids is 2. The SMILES string of the molecule is C/C(=C\c1ccc2nccc(C(=O)NCC(=O)N3CC(F)(F)C[C@H]3C#N)c2c1)c1ccc(C(F)(F)F)cc1. The fourth-order valence-electron chi connectivity index (χ4n) is 4.25. The van der Waals surface area contributed by atoms with E-state index in [2.05, 4.69) is 10.3 Å². The minimum atomic E-state index is -4.43. The maximum Gasteiger partial charge on any atom is 0.416 e. The Morgan fingerprint density at radius 3 is 2.55 bits per heavy atom. The summed E-state index contributed by atoms with van der Waals surface area (Å²) in [6.45, 7) is 0.293. The Bertz CT molecular complexity index is 1460. The van der Waals surface area contributed by atoms with Crippen molar-refractivity contribution in [3.05, 3.63) is 77.0 Å². The van der Waals surface area contributed by atoms with Gasteiger partial charge in [-0.2, -0.15) is 18.4 Å². The van der Waals surface area contributed by atoms with E-state index in [-0.39, 0.29) is 5.56 Å². The van der Waals surface area contributed by atoms with Crippen molar-refractivity contribution in [2.75, 3.05) is 13.1 Å². The number of nitrogens with one attached hydrogen (secondary N) is 1. The number of likely N-dealkylation sites (tertiary alicyclic amines) is 1. The third kappa shape index (κ3) is 5.80. The van der Waals surface area contributed by atoms with Crippen LogP contribution in [0.15, 0.2) is 54.7 Å². The molecular weight excluding hydrogens is 507 g/mol. The number of carbonyl (C=O) groups is 2. The first kappa shape index (κ1) is 26.7. The summed E-state index contributed by atoms with van der Waals surface area (Å²) in [5, 5.41) is 12.0. The summed E-state index contributed by atoms with van der Waals surface area (Å²) in [7, 11) is 0. The van der Waals surface area contributed by atoms with Gasteiger partial charge in [0.1, 0.15) is 6.04 Å². The third-order valence-corrected chi connectivity index (χ3v) is 6.20. The van der Waals surface area contributed by atoms with Crippen molar-refractivity contribution in [3.63, 3.8) is 0 Å². The second-order valence-electron chi connectivity index (χ2n) is 8.95. The van der Waals surface area contributed by atoms with E-state index >= 15 is 0 Å². The average Bonchev–Trinajstić information content (AvgIpc) is 3.20. The van der Waals surface area contributed by atoms with Crippen LogP contribution in [0.5, 0.6) is 0 Å². The lowest BCUT2D eigenvalue weighted by Gasteiger charge is -2.19. The maximum atomic E-state index is 13.6. The molecule has 196 valence electrons. The van der Waals surface area contributed by atoms with Gasteiger partial charge in [-0.05, 0) is 54.0 Å². The molecule has 0 radical (unpaired) electrons. The van der Waals surface area contributed by atoms with Crippen molar-refractivity contribution in [1.82, 2.24) is 15.2 Å². The number of hydrogen-bond donors (Lipinski definition) is 1. The summed E-state index contributed by atoms with van der Waals surface area (Å²) in [6.07, 6.45) is -2.02. The molecule has 2 amide bonds. The molecule has 1 saturated heterocycles. The number of benzene rings is 2. The molecule has 38 heavy (non-hydrogen) atoms. The summed E-state index contributed by atoms with van der Waals surface area (Å²) < 4.78 is 65.8. The molecular formula is C27H21F5N4O2. The molecule has 0 saturated carbocycles. The molecule has 2 heterocycles. The number of pyridine rings is 1. The number of nitrogens with zero attached hydrogens (tertiary/aromatic N) is 3. The summed E-state index contributed by atoms with van der Waals surface area (Å²) in [5.41, 5.74) is 1.86. The highest BCUT2D eigenvalue weighted by atomic mass is 19.4. The summed E-state index contributed by atoms with van der Waals surface area (Å²) >= 11 is 0. The van der Waals surface area contributed by atoms with Gasteiger partial charge in [-0.1, -0.05) is 24.3 Å². The van der Waals surface area contributed by atoms with Crippen LogP contribution >= 0.6 is 0 Å². The first-order valence-corrected chi connectivity index (χ1v) is 11.5. The Labute approximate surface area is 214 Å². The summed E-state index contributed by atoms with van der Waals surface area (Å²) in [4.78, 5) is 30.3. The van der Waals surface area contributed by atoms with Crippen molar-refractivity contribution < 1.29 is 31.5 Å². The summed E-state index contributed by atoms with van der Waals surface area (Å²) in [5.74, 6) is -4.59. The van der Waals surface area contributed by atoms with Gasteiger partial charge in [0.2, 0.25) is 5.91 Å². The van der Waals surface area contributed by atoms with Crippen LogP contribution in [0.3, 0.4) is 0 Å². The predicted molar refractivity (Wildman–Crippen MR) is 130 cm³/mol. The van der Waals surface area contributed by atoms with Crippen molar-refractivity contribution >= 4 is 34.4 Å². The van der Waals surface area contributed by atoms with E-state index in [1.807, 2.05) is 0 Å². The molecule has 11 heteroatoms. The first-order chi connectivity index (χ1) is 17.9. The van der Waals surface area contributed by atoms with Gasteiger partial charge in [0, 0.05) is 18.0 Å². The molecule has 1 aliphatic heterocycles. The number of hydrogen-bond acceptors (Lipinski definition) is 4. The molecule has 2 aromatic carbocycles. The minimum Gasteiger partial charge on any atom is -0.343 e. The lowest BCUT2D eigenvalue weighted by atomic mass is 10.0. The van der Waals surface area contributed by atoms with Gasteiger partial charge in [-0.25, -0.2) is 8.78 Å². The molecule has 0 spiro atoms. The monoisotopic (exact) mass is 528 g/mol. The van der Waals surface area contributed by atoms with E-state index in [0.29, 0.717) is 27.6 Å². The van der Waals surface area contributed by atoms with E-state index in [0.717, 1.165) is 17.0 Å². The fraction of sp³-hybridized carbons (Fsp3) is 0.259. The van der Waals surface area contributed by atoms with Crippen LogP contribution in [0, 0.1) is 11.3 Å². The topological polar surface area (TPSA) is 86.1 Å². The van der Waals surface area contributed by atoms with Crippen molar-refractivity contribution in [2.45, 2.75) is 31.5 Å². The van der Waals surface area contributed by atoms with Crippen molar-refractivity contribution in [3.8, 4) is 6.07 Å². The molecule has 6 nitrogen and oxygen atoms in total. The van der Waals surface area contributed by atoms with Crippen LogP contribution in [0.2, 0.25) is 0 Å². The standard InChI is InChI=1S/C27H21F5N4O2/c1-16(18-3-5-19(6-4-18)27(30,31)32)10-17-2-7-23-22(11-17)21(8-9-34-23)25(38)35-14-24(37)36-15-26(28,29)12-20(36)13-33/h2-11,20H,12,14-15H2,1H3,(H,35,38)/b16-10+/t20-/m0/s1. The largest absolute Gasteiger partial charge is 0.416 e. The van der Waals surface area contributed by atoms with Gasteiger partial charge in [-0.3, -0.25) is 14.6 Å². The van der Waals surface area contributed by atoms with Gasteiger partial charge in [0.05, 0.1) is 35.8 Å². The van der Waals surface area contributed by atoms with Gasteiger partial charge in [0.15, 0.2) is 0 Å². The fourth-order valence-corrected chi connectivity index (χ4v) is 4.25. The summed E-state index contributed by atoms with van der Waals surface area (Å²) in [6, 6.07) is 11.7. The second-order valence-corrected chi connectivity index (χ2v) is 8.95. The number of allylic oxidation sites excluding steroid dienone is 1. The molecule has 1 N–H and O–H groups in total. The molecule has 3 aromatic rings. The van der Waals surface area contributed by atoms with Crippen LogP contribution in [0.1, 0.15) is 40.4 Å². The van der Waals surface area contributed by atoms with Gasteiger partial charge in [-0.15, -0.1) is 0 Å². The van der Waals surface area contributed by atoms with E-state index in [9.17, 15) is 31.5 Å². The molecule has 1 aliphatic rings. The van der Waals surface area contributed by atoms with Gasteiger partial charge >= 0.3 is 6.18 Å². The first-order valence-electron chi connectivity index (χ1n) is 11.5. The predicted octanol–water partition coefficient (Wildman–Crippen LogP) is 5.30. The van der Waals surface area contributed by atoms with Crippen LogP contribution in [0.25, 0.3) is 22.6 Å². The number of alkyl halides is 5. The van der Waals surface area contributed by atoms with E-state index < -0.39 is 55.0 Å². The smallest absolute Gasteiger partial charge is 0.343 e. The van der Waals surface area contributed by atoms with Crippen LogP contribution < -0.4 is 5.32 Å². The maximum absolute atomic E-state index is 13.6. The number of rotatable bonds is 5. The zero-order valence-corrected chi connectivity index (χ0v) is 20.0. The minimum absolute atomic E-state index is 0.189. The quantitative estimate of drug-likeness (QED) is 0.360. The molecule has 1 aromatic heterocycles. The Kier molecular flexibility index (Phi) is 7.18. The highest BCUT2D eigenvalue weighted by molar-refractivity contribution is 6.07. The molecule has 1 fully saturated rings. The number of halogens is 5. The zero-order valence-electron chi connectivity index (χ0n) is 20.0. The van der Waals surface area contributed by atoms with E-state index in [1.54, 1.807) is 37.3 Å². The number of nitriles is 1. The Hall–Kier alpha value is -4.33. The van der Waals surface area contributed by atoms with Gasteiger partial charge in [0.25, 0.3) is 11.8 Å².